The van der Waals surface area contributed by atoms with E-state index in [9.17, 15) is 8.78 Å². The first-order chi connectivity index (χ1) is 9.43. The highest BCUT2D eigenvalue weighted by atomic mass is 79.9. The third kappa shape index (κ3) is 2.83. The van der Waals surface area contributed by atoms with E-state index in [1.807, 2.05) is 6.92 Å². The van der Waals surface area contributed by atoms with E-state index in [1.54, 1.807) is 12.1 Å². The molecule has 2 nitrogen and oxygen atoms in total. The first-order valence-electron chi connectivity index (χ1n) is 5.98. The largest absolute Gasteiger partial charge is 0.496 e. The van der Waals surface area contributed by atoms with Gasteiger partial charge in [-0.1, -0.05) is 6.07 Å². The number of nitrogens with two attached hydrogens (primary N) is 1. The summed E-state index contributed by atoms with van der Waals surface area (Å²) in [6.45, 7) is 1.85. The van der Waals surface area contributed by atoms with E-state index in [-0.39, 0.29) is 10.3 Å². The molecule has 2 aromatic rings. The van der Waals surface area contributed by atoms with Gasteiger partial charge in [0.2, 0.25) is 0 Å². The highest BCUT2D eigenvalue weighted by Crippen LogP contribution is 2.34. The number of benzene rings is 2. The molecule has 2 N–H and O–H groups in total. The summed E-state index contributed by atoms with van der Waals surface area (Å²) in [6, 6.07) is 6.64. The van der Waals surface area contributed by atoms with Crippen molar-refractivity contribution in [1.29, 1.82) is 0 Å². The first-order valence-corrected chi connectivity index (χ1v) is 6.78. The maximum atomic E-state index is 13.5. The molecule has 0 amide bonds. The van der Waals surface area contributed by atoms with Crippen LogP contribution in [0.1, 0.15) is 22.7 Å². The smallest absolute Gasteiger partial charge is 0.141 e. The molecule has 0 saturated heterocycles. The van der Waals surface area contributed by atoms with E-state index >= 15 is 0 Å². The molecular weight excluding hydrogens is 328 g/mol. The molecule has 0 aromatic heterocycles. The molecule has 1 unspecified atom stereocenters. The van der Waals surface area contributed by atoms with E-state index in [4.69, 9.17) is 10.5 Å². The Morgan fingerprint density at radius 2 is 1.85 bits per heavy atom. The second-order valence-corrected chi connectivity index (χ2v) is 5.34. The Balaban J connectivity index is 2.55. The summed E-state index contributed by atoms with van der Waals surface area (Å²) in [7, 11) is 1.44. The Labute approximate surface area is 124 Å². The third-order valence-electron chi connectivity index (χ3n) is 3.18. The lowest BCUT2D eigenvalue weighted by Crippen LogP contribution is -2.15. The van der Waals surface area contributed by atoms with Crippen LogP contribution in [0.4, 0.5) is 8.78 Å². The molecule has 106 valence electrons. The maximum Gasteiger partial charge on any atom is 0.141 e. The van der Waals surface area contributed by atoms with Crippen molar-refractivity contribution < 1.29 is 13.5 Å². The van der Waals surface area contributed by atoms with Gasteiger partial charge in [-0.25, -0.2) is 8.78 Å². The predicted octanol–water partition coefficient (Wildman–Crippen LogP) is 4.09. The molecular formula is C15H14BrF2NO. The van der Waals surface area contributed by atoms with Gasteiger partial charge in [-0.05, 0) is 52.2 Å². The van der Waals surface area contributed by atoms with Crippen LogP contribution in [-0.2, 0) is 0 Å². The van der Waals surface area contributed by atoms with E-state index in [0.717, 1.165) is 5.56 Å². The van der Waals surface area contributed by atoms with Crippen molar-refractivity contribution in [1.82, 2.24) is 0 Å². The van der Waals surface area contributed by atoms with Crippen LogP contribution in [0.3, 0.4) is 0 Å². The van der Waals surface area contributed by atoms with Crippen LogP contribution in [0.25, 0.3) is 0 Å². The van der Waals surface area contributed by atoms with Crippen molar-refractivity contribution in [3.8, 4) is 5.75 Å². The highest BCUT2D eigenvalue weighted by molar-refractivity contribution is 9.10. The Morgan fingerprint density at radius 3 is 2.50 bits per heavy atom. The zero-order chi connectivity index (χ0) is 14.9. The van der Waals surface area contributed by atoms with Gasteiger partial charge in [0.25, 0.3) is 0 Å². The maximum absolute atomic E-state index is 13.5. The first kappa shape index (κ1) is 14.9. The van der Waals surface area contributed by atoms with Crippen LogP contribution in [0.5, 0.6) is 5.75 Å². The van der Waals surface area contributed by atoms with Crippen molar-refractivity contribution in [2.24, 2.45) is 5.73 Å². The summed E-state index contributed by atoms with van der Waals surface area (Å²) in [5.41, 5.74) is 8.29. The molecule has 0 aliphatic rings. The molecule has 2 rings (SSSR count). The standard InChI is InChI=1S/C15H14BrF2NO/c1-8-3-4-9(17)5-10(8)15(19)11-6-12(16)13(18)7-14(11)20-2/h3-7,15H,19H2,1-2H3. The van der Waals surface area contributed by atoms with Crippen molar-refractivity contribution in [2.45, 2.75) is 13.0 Å². The summed E-state index contributed by atoms with van der Waals surface area (Å²) >= 11 is 3.12. The summed E-state index contributed by atoms with van der Waals surface area (Å²) in [4.78, 5) is 0. The zero-order valence-electron chi connectivity index (χ0n) is 11.1. The Morgan fingerprint density at radius 1 is 1.15 bits per heavy atom. The fourth-order valence-corrected chi connectivity index (χ4v) is 2.44. The molecule has 1 atom stereocenters. The second-order valence-electron chi connectivity index (χ2n) is 4.49. The monoisotopic (exact) mass is 341 g/mol. The minimum Gasteiger partial charge on any atom is -0.496 e. The van der Waals surface area contributed by atoms with Gasteiger partial charge in [0.1, 0.15) is 17.4 Å². The molecule has 0 aliphatic heterocycles. The number of methoxy groups -OCH3 is 1. The van der Waals surface area contributed by atoms with Crippen molar-refractivity contribution in [3.05, 3.63) is 63.1 Å². The van der Waals surface area contributed by atoms with Gasteiger partial charge in [-0.3, -0.25) is 0 Å². The summed E-state index contributed by atoms with van der Waals surface area (Å²) in [5.74, 6) is -0.461. The lowest BCUT2D eigenvalue weighted by Gasteiger charge is -2.19. The molecule has 2 aromatic carbocycles. The minimum absolute atomic E-state index is 0.290. The van der Waals surface area contributed by atoms with Crippen molar-refractivity contribution >= 4 is 15.9 Å². The van der Waals surface area contributed by atoms with Crippen molar-refractivity contribution in [2.75, 3.05) is 7.11 Å². The molecule has 0 bridgehead atoms. The molecule has 0 saturated carbocycles. The number of rotatable bonds is 3. The van der Waals surface area contributed by atoms with Crippen molar-refractivity contribution in [3.63, 3.8) is 0 Å². The van der Waals surface area contributed by atoms with Crippen LogP contribution < -0.4 is 10.5 Å². The van der Waals surface area contributed by atoms with E-state index in [2.05, 4.69) is 15.9 Å². The Kier molecular flexibility index (Phi) is 4.40. The molecule has 0 aliphatic carbocycles. The summed E-state index contributed by atoms with van der Waals surface area (Å²) < 4.78 is 32.4. The topological polar surface area (TPSA) is 35.2 Å². The number of ether oxygens (including phenoxy) is 1. The molecule has 0 fully saturated rings. The third-order valence-corrected chi connectivity index (χ3v) is 3.79. The minimum atomic E-state index is -0.599. The molecule has 0 heterocycles. The van der Waals surface area contributed by atoms with E-state index < -0.39 is 11.9 Å². The van der Waals surface area contributed by atoms with E-state index in [1.165, 1.54) is 25.3 Å². The number of hydrogen-bond donors (Lipinski definition) is 1. The van der Waals surface area contributed by atoms with Gasteiger partial charge < -0.3 is 10.5 Å². The van der Waals surface area contributed by atoms with E-state index in [0.29, 0.717) is 16.9 Å². The fourth-order valence-electron chi connectivity index (χ4n) is 2.08. The quantitative estimate of drug-likeness (QED) is 0.912. The van der Waals surface area contributed by atoms with Gasteiger partial charge in [0.05, 0.1) is 17.6 Å². The van der Waals surface area contributed by atoms with Crippen LogP contribution >= 0.6 is 15.9 Å². The van der Waals surface area contributed by atoms with Gasteiger partial charge in [-0.2, -0.15) is 0 Å². The molecule has 20 heavy (non-hydrogen) atoms. The Hall–Kier alpha value is -1.46. The average Bonchev–Trinajstić information content (AvgIpc) is 2.43. The normalized spacial score (nSPS) is 12.3. The molecule has 5 heteroatoms. The number of halogens is 3. The zero-order valence-corrected chi connectivity index (χ0v) is 12.7. The highest BCUT2D eigenvalue weighted by Gasteiger charge is 2.19. The molecule has 0 radical (unpaired) electrons. The summed E-state index contributed by atoms with van der Waals surface area (Å²) in [5, 5.41) is 0. The van der Waals surface area contributed by atoms with Gasteiger partial charge in [0.15, 0.2) is 0 Å². The van der Waals surface area contributed by atoms with Crippen LogP contribution in [0.15, 0.2) is 34.8 Å². The van der Waals surface area contributed by atoms with Gasteiger partial charge in [0, 0.05) is 11.6 Å². The van der Waals surface area contributed by atoms with Crippen LogP contribution in [0, 0.1) is 18.6 Å². The fraction of sp³-hybridized carbons (Fsp3) is 0.200. The lowest BCUT2D eigenvalue weighted by molar-refractivity contribution is 0.404. The summed E-state index contributed by atoms with van der Waals surface area (Å²) in [6.07, 6.45) is 0. The van der Waals surface area contributed by atoms with Gasteiger partial charge in [-0.15, -0.1) is 0 Å². The van der Waals surface area contributed by atoms with Crippen LogP contribution in [-0.4, -0.2) is 7.11 Å². The second kappa shape index (κ2) is 5.89. The SMILES string of the molecule is COc1cc(F)c(Br)cc1C(N)c1cc(F)ccc1C. The van der Waals surface area contributed by atoms with Gasteiger partial charge >= 0.3 is 0 Å². The average molecular weight is 342 g/mol. The number of hydrogen-bond acceptors (Lipinski definition) is 2. The lowest BCUT2D eigenvalue weighted by atomic mass is 9.95. The molecule has 0 spiro atoms. The van der Waals surface area contributed by atoms with Crippen LogP contribution in [0.2, 0.25) is 0 Å². The predicted molar refractivity (Wildman–Crippen MR) is 77.8 cm³/mol. The number of aryl methyl sites for hydroxylation is 1. The Bertz CT molecular complexity index is 646.